The van der Waals surface area contributed by atoms with Crippen LogP contribution in [0.2, 0.25) is 0 Å². The number of hydrogen-bond acceptors (Lipinski definition) is 2. The third-order valence-corrected chi connectivity index (χ3v) is 3.86. The highest BCUT2D eigenvalue weighted by molar-refractivity contribution is 5.82. The molecule has 4 aromatic rings. The number of hydrogen-bond donors (Lipinski definition) is 2. The van der Waals surface area contributed by atoms with E-state index in [4.69, 9.17) is 10.7 Å². The largest absolute Gasteiger partial charge is 0.330 e. The minimum atomic E-state index is -0.251. The molecule has 0 saturated carbocycles. The number of halogens is 1. The molecule has 2 aromatic heterocycles. The molecule has 0 unspecified atom stereocenters. The molecule has 0 bridgehead atoms. The zero-order valence-corrected chi connectivity index (χ0v) is 11.9. The number of nitrogens with two attached hydrogens (primary N) is 1. The molecule has 0 saturated heterocycles. The normalized spacial score (nSPS) is 11.5. The average molecular weight is 294 g/mol. The summed E-state index contributed by atoms with van der Waals surface area (Å²) in [5.41, 5.74) is 10.7. The van der Waals surface area contributed by atoms with Gasteiger partial charge in [0.1, 0.15) is 5.82 Å². The number of fused-ring (bicyclic) bond motifs is 3. The van der Waals surface area contributed by atoms with Crippen LogP contribution in [0, 0.1) is 5.82 Å². The standard InChI is InChI=1S/C17H15FN4/c18-12-7-5-11(6-8-12)16-15(9-10-19)22-14-4-2-1-3-13(14)20-17(22)21-16/h1-8H,9-10,19H2,(H,20,21). The molecule has 0 amide bonds. The van der Waals surface area contributed by atoms with Crippen molar-refractivity contribution in [3.05, 3.63) is 60.0 Å². The van der Waals surface area contributed by atoms with Crippen molar-refractivity contribution < 1.29 is 4.39 Å². The van der Waals surface area contributed by atoms with E-state index < -0.39 is 0 Å². The number of benzene rings is 2. The second-order valence-corrected chi connectivity index (χ2v) is 5.25. The fraction of sp³-hybridized carbons (Fsp3) is 0.118. The van der Waals surface area contributed by atoms with Crippen LogP contribution in [-0.4, -0.2) is 20.9 Å². The summed E-state index contributed by atoms with van der Waals surface area (Å²) in [7, 11) is 0. The van der Waals surface area contributed by atoms with E-state index in [2.05, 4.69) is 15.5 Å². The Hall–Kier alpha value is -2.66. The second kappa shape index (κ2) is 4.96. The molecule has 0 atom stereocenters. The third-order valence-electron chi connectivity index (χ3n) is 3.86. The van der Waals surface area contributed by atoms with Crippen LogP contribution in [0.5, 0.6) is 0 Å². The molecule has 0 aliphatic rings. The average Bonchev–Trinajstić information content (AvgIpc) is 3.05. The first-order valence-electron chi connectivity index (χ1n) is 7.22. The number of aromatic nitrogens is 3. The van der Waals surface area contributed by atoms with E-state index in [1.54, 1.807) is 12.1 Å². The van der Waals surface area contributed by atoms with E-state index in [0.29, 0.717) is 13.0 Å². The summed E-state index contributed by atoms with van der Waals surface area (Å²) < 4.78 is 15.3. The predicted molar refractivity (Wildman–Crippen MR) is 85.2 cm³/mol. The van der Waals surface area contributed by atoms with Crippen molar-refractivity contribution >= 4 is 16.8 Å². The molecule has 5 heteroatoms. The summed E-state index contributed by atoms with van der Waals surface area (Å²) in [4.78, 5) is 8.01. The summed E-state index contributed by atoms with van der Waals surface area (Å²) in [6.07, 6.45) is 0.704. The summed E-state index contributed by atoms with van der Waals surface area (Å²) in [5.74, 6) is 0.531. The maximum absolute atomic E-state index is 13.2. The SMILES string of the molecule is NCCc1c(-c2ccc(F)cc2)nc2[nH]c3ccccc3n12. The van der Waals surface area contributed by atoms with Crippen LogP contribution in [0.15, 0.2) is 48.5 Å². The van der Waals surface area contributed by atoms with Crippen LogP contribution in [-0.2, 0) is 6.42 Å². The molecule has 0 spiro atoms. The first-order chi connectivity index (χ1) is 10.8. The number of rotatable bonds is 3. The summed E-state index contributed by atoms with van der Waals surface area (Å²) in [6, 6.07) is 14.5. The van der Waals surface area contributed by atoms with Gasteiger partial charge < -0.3 is 10.7 Å². The minimum Gasteiger partial charge on any atom is -0.330 e. The lowest BCUT2D eigenvalue weighted by Crippen LogP contribution is -2.06. The number of imidazole rings is 2. The van der Waals surface area contributed by atoms with Crippen molar-refractivity contribution in [3.8, 4) is 11.3 Å². The predicted octanol–water partition coefficient (Wildman–Crippen LogP) is 3.12. The van der Waals surface area contributed by atoms with Gasteiger partial charge in [-0.05, 0) is 42.9 Å². The molecule has 2 aromatic carbocycles. The van der Waals surface area contributed by atoms with Crippen molar-refractivity contribution in [2.24, 2.45) is 5.73 Å². The van der Waals surface area contributed by atoms with E-state index in [0.717, 1.165) is 33.8 Å². The van der Waals surface area contributed by atoms with E-state index in [-0.39, 0.29) is 5.82 Å². The van der Waals surface area contributed by atoms with Gasteiger partial charge in [-0.25, -0.2) is 9.37 Å². The van der Waals surface area contributed by atoms with Gasteiger partial charge in [-0.2, -0.15) is 0 Å². The quantitative estimate of drug-likeness (QED) is 0.610. The lowest BCUT2D eigenvalue weighted by atomic mass is 10.1. The Labute approximate surface area is 126 Å². The highest BCUT2D eigenvalue weighted by Crippen LogP contribution is 2.28. The Morgan fingerprint density at radius 2 is 1.86 bits per heavy atom. The van der Waals surface area contributed by atoms with Crippen molar-refractivity contribution in [2.45, 2.75) is 6.42 Å². The highest BCUT2D eigenvalue weighted by Gasteiger charge is 2.17. The minimum absolute atomic E-state index is 0.251. The van der Waals surface area contributed by atoms with Gasteiger partial charge in [0.05, 0.1) is 22.4 Å². The number of nitrogens with zero attached hydrogens (tertiary/aromatic N) is 2. The fourth-order valence-electron chi connectivity index (χ4n) is 2.90. The number of aromatic amines is 1. The topological polar surface area (TPSA) is 59.1 Å². The molecular formula is C17H15FN4. The van der Waals surface area contributed by atoms with Gasteiger partial charge in [-0.1, -0.05) is 12.1 Å². The summed E-state index contributed by atoms with van der Waals surface area (Å²) in [6.45, 7) is 0.529. The molecule has 0 aliphatic heterocycles. The van der Waals surface area contributed by atoms with Crippen LogP contribution in [0.4, 0.5) is 4.39 Å². The van der Waals surface area contributed by atoms with Gasteiger partial charge >= 0.3 is 0 Å². The highest BCUT2D eigenvalue weighted by atomic mass is 19.1. The molecule has 4 nitrogen and oxygen atoms in total. The third kappa shape index (κ3) is 1.90. The molecule has 110 valence electrons. The molecule has 0 aliphatic carbocycles. The zero-order chi connectivity index (χ0) is 15.1. The zero-order valence-electron chi connectivity index (χ0n) is 11.9. The van der Waals surface area contributed by atoms with Crippen molar-refractivity contribution in [1.29, 1.82) is 0 Å². The molecule has 2 heterocycles. The maximum atomic E-state index is 13.2. The van der Waals surface area contributed by atoms with Crippen molar-refractivity contribution in [2.75, 3.05) is 6.54 Å². The number of para-hydroxylation sites is 2. The van der Waals surface area contributed by atoms with Gasteiger partial charge in [0.25, 0.3) is 0 Å². The van der Waals surface area contributed by atoms with E-state index in [1.165, 1.54) is 12.1 Å². The Morgan fingerprint density at radius 1 is 1.09 bits per heavy atom. The van der Waals surface area contributed by atoms with Gasteiger partial charge in [0.2, 0.25) is 5.78 Å². The van der Waals surface area contributed by atoms with Gasteiger partial charge in [0, 0.05) is 12.0 Å². The second-order valence-electron chi connectivity index (χ2n) is 5.25. The van der Waals surface area contributed by atoms with E-state index in [1.807, 2.05) is 18.2 Å². The van der Waals surface area contributed by atoms with Gasteiger partial charge in [0.15, 0.2) is 0 Å². The Morgan fingerprint density at radius 3 is 2.64 bits per heavy atom. The van der Waals surface area contributed by atoms with E-state index >= 15 is 0 Å². The Balaban J connectivity index is 2.02. The lowest BCUT2D eigenvalue weighted by Gasteiger charge is -2.04. The number of H-pyrrole nitrogens is 1. The molecular weight excluding hydrogens is 279 g/mol. The molecule has 22 heavy (non-hydrogen) atoms. The van der Waals surface area contributed by atoms with Crippen LogP contribution in [0.25, 0.3) is 28.1 Å². The van der Waals surface area contributed by atoms with Crippen molar-refractivity contribution in [3.63, 3.8) is 0 Å². The van der Waals surface area contributed by atoms with Crippen molar-refractivity contribution in [1.82, 2.24) is 14.4 Å². The molecule has 0 fully saturated rings. The van der Waals surface area contributed by atoms with Crippen LogP contribution in [0.1, 0.15) is 5.69 Å². The van der Waals surface area contributed by atoms with Gasteiger partial charge in [-0.15, -0.1) is 0 Å². The Kier molecular flexibility index (Phi) is 2.94. The van der Waals surface area contributed by atoms with Crippen LogP contribution in [0.3, 0.4) is 0 Å². The smallest absolute Gasteiger partial charge is 0.213 e. The molecule has 0 radical (unpaired) electrons. The summed E-state index contributed by atoms with van der Waals surface area (Å²) in [5, 5.41) is 0. The lowest BCUT2D eigenvalue weighted by molar-refractivity contribution is 0.628. The first-order valence-corrected chi connectivity index (χ1v) is 7.22. The van der Waals surface area contributed by atoms with Crippen LogP contribution < -0.4 is 5.73 Å². The number of nitrogens with one attached hydrogen (secondary N) is 1. The van der Waals surface area contributed by atoms with E-state index in [9.17, 15) is 4.39 Å². The fourth-order valence-corrected chi connectivity index (χ4v) is 2.90. The summed E-state index contributed by atoms with van der Waals surface area (Å²) >= 11 is 0. The monoisotopic (exact) mass is 294 g/mol. The maximum Gasteiger partial charge on any atom is 0.213 e. The first kappa shape index (κ1) is 13.0. The van der Waals surface area contributed by atoms with Crippen LogP contribution >= 0.6 is 0 Å². The van der Waals surface area contributed by atoms with Gasteiger partial charge in [-0.3, -0.25) is 4.40 Å². The Bertz CT molecular complexity index is 950. The molecule has 3 N–H and O–H groups in total. The molecule has 4 rings (SSSR count).